The average molecular weight is 307 g/mol. The van der Waals surface area contributed by atoms with E-state index < -0.39 is 5.54 Å². The number of carbonyl (C=O) groups excluding carboxylic acids is 2. The predicted molar refractivity (Wildman–Crippen MR) is 80.8 cm³/mol. The third-order valence-corrected chi connectivity index (χ3v) is 5.66. The lowest BCUT2D eigenvalue weighted by molar-refractivity contribution is -0.157. The van der Waals surface area contributed by atoms with Crippen molar-refractivity contribution in [2.24, 2.45) is 0 Å². The van der Waals surface area contributed by atoms with Crippen LogP contribution < -0.4 is 5.32 Å². The van der Waals surface area contributed by atoms with Gasteiger partial charge in [0, 0.05) is 11.6 Å². The number of nitrogens with zero attached hydrogens (tertiary/aromatic N) is 2. The second-order valence-electron chi connectivity index (χ2n) is 5.96. The Hall–Kier alpha value is -1.43. The fourth-order valence-corrected chi connectivity index (χ4v) is 4.29. The Labute approximate surface area is 128 Å². The first kappa shape index (κ1) is 14.5. The van der Waals surface area contributed by atoms with Crippen molar-refractivity contribution in [3.8, 4) is 0 Å². The summed E-state index contributed by atoms with van der Waals surface area (Å²) in [7, 11) is 0. The number of piperazine rings is 1. The first-order chi connectivity index (χ1) is 10.1. The molecule has 114 valence electrons. The van der Waals surface area contributed by atoms with E-state index in [-0.39, 0.29) is 23.9 Å². The van der Waals surface area contributed by atoms with Gasteiger partial charge in [-0.25, -0.2) is 4.98 Å². The van der Waals surface area contributed by atoms with E-state index in [1.165, 1.54) is 11.3 Å². The summed E-state index contributed by atoms with van der Waals surface area (Å²) in [6, 6.07) is -0.534. The SMILES string of the molecule is CCC1C(=O)NC2(CCCC2)C(=O)N1C(C)c1nccs1. The van der Waals surface area contributed by atoms with Crippen molar-refractivity contribution in [1.29, 1.82) is 0 Å². The molecule has 2 fully saturated rings. The number of hydrogen-bond donors (Lipinski definition) is 1. The van der Waals surface area contributed by atoms with Crippen molar-refractivity contribution >= 4 is 23.2 Å². The van der Waals surface area contributed by atoms with E-state index >= 15 is 0 Å². The number of thiazole rings is 1. The minimum atomic E-state index is -0.658. The lowest BCUT2D eigenvalue weighted by Gasteiger charge is -2.46. The highest BCUT2D eigenvalue weighted by molar-refractivity contribution is 7.09. The molecule has 5 nitrogen and oxygen atoms in total. The third-order valence-electron chi connectivity index (χ3n) is 4.71. The molecule has 1 aliphatic heterocycles. The number of aromatic nitrogens is 1. The van der Waals surface area contributed by atoms with Crippen molar-refractivity contribution < 1.29 is 9.59 Å². The highest BCUT2D eigenvalue weighted by Crippen LogP contribution is 2.38. The van der Waals surface area contributed by atoms with E-state index in [4.69, 9.17) is 0 Å². The Balaban J connectivity index is 1.97. The number of carbonyl (C=O) groups is 2. The van der Waals surface area contributed by atoms with E-state index in [2.05, 4.69) is 10.3 Å². The van der Waals surface area contributed by atoms with Crippen LogP contribution in [-0.2, 0) is 9.59 Å². The van der Waals surface area contributed by atoms with Gasteiger partial charge < -0.3 is 10.2 Å². The van der Waals surface area contributed by atoms with Crippen LogP contribution in [0.15, 0.2) is 11.6 Å². The molecule has 1 N–H and O–H groups in total. The molecule has 6 heteroatoms. The fourth-order valence-electron chi connectivity index (χ4n) is 3.59. The van der Waals surface area contributed by atoms with Crippen molar-refractivity contribution in [3.63, 3.8) is 0 Å². The largest absolute Gasteiger partial charge is 0.340 e. The monoisotopic (exact) mass is 307 g/mol. The molecule has 2 atom stereocenters. The molecule has 2 heterocycles. The summed E-state index contributed by atoms with van der Waals surface area (Å²) < 4.78 is 0. The number of nitrogens with one attached hydrogen (secondary N) is 1. The van der Waals surface area contributed by atoms with Crippen LogP contribution in [0.5, 0.6) is 0 Å². The summed E-state index contributed by atoms with van der Waals surface area (Å²) in [4.78, 5) is 31.7. The Morgan fingerprint density at radius 1 is 1.48 bits per heavy atom. The molecule has 21 heavy (non-hydrogen) atoms. The molecule has 1 saturated heterocycles. The standard InChI is InChI=1S/C15H21N3O2S/c1-3-11-12(19)17-15(6-4-5-7-15)14(20)18(11)10(2)13-16-8-9-21-13/h8-11H,3-7H2,1-2H3,(H,17,19). The molecule has 3 rings (SSSR count). The maximum atomic E-state index is 13.1. The molecular weight excluding hydrogens is 286 g/mol. The van der Waals surface area contributed by atoms with Crippen molar-refractivity contribution in [2.45, 2.75) is 63.6 Å². The Morgan fingerprint density at radius 3 is 2.76 bits per heavy atom. The minimum Gasteiger partial charge on any atom is -0.340 e. The van der Waals surface area contributed by atoms with Crippen LogP contribution in [0.2, 0.25) is 0 Å². The summed E-state index contributed by atoms with van der Waals surface area (Å²) in [6.07, 6.45) is 5.90. The van der Waals surface area contributed by atoms with Gasteiger partial charge in [0.2, 0.25) is 11.8 Å². The third kappa shape index (κ3) is 2.25. The maximum Gasteiger partial charge on any atom is 0.249 e. The summed E-state index contributed by atoms with van der Waals surface area (Å²) >= 11 is 1.53. The lowest BCUT2D eigenvalue weighted by atomic mass is 9.89. The summed E-state index contributed by atoms with van der Waals surface area (Å²) in [5.41, 5.74) is -0.658. The topological polar surface area (TPSA) is 62.3 Å². The number of rotatable bonds is 3. The maximum absolute atomic E-state index is 13.1. The zero-order chi connectivity index (χ0) is 15.0. The smallest absolute Gasteiger partial charge is 0.249 e. The van der Waals surface area contributed by atoms with E-state index in [1.54, 1.807) is 11.1 Å². The van der Waals surface area contributed by atoms with Gasteiger partial charge in [-0.15, -0.1) is 11.3 Å². The zero-order valence-corrected chi connectivity index (χ0v) is 13.3. The van der Waals surface area contributed by atoms with Crippen LogP contribution in [0.4, 0.5) is 0 Å². The van der Waals surface area contributed by atoms with Crippen LogP contribution in [0.1, 0.15) is 57.0 Å². The molecule has 1 spiro atoms. The van der Waals surface area contributed by atoms with Gasteiger partial charge in [-0.3, -0.25) is 9.59 Å². The highest BCUT2D eigenvalue weighted by atomic mass is 32.1. The van der Waals surface area contributed by atoms with Crippen LogP contribution in [-0.4, -0.2) is 33.3 Å². The quantitative estimate of drug-likeness (QED) is 0.931. The van der Waals surface area contributed by atoms with Gasteiger partial charge >= 0.3 is 0 Å². The van der Waals surface area contributed by atoms with Crippen LogP contribution in [0.3, 0.4) is 0 Å². The van der Waals surface area contributed by atoms with Crippen LogP contribution in [0.25, 0.3) is 0 Å². The molecule has 0 bridgehead atoms. The van der Waals surface area contributed by atoms with E-state index in [0.29, 0.717) is 6.42 Å². The summed E-state index contributed by atoms with van der Waals surface area (Å²) in [6.45, 7) is 3.92. The highest BCUT2D eigenvalue weighted by Gasteiger charge is 2.53. The van der Waals surface area contributed by atoms with Gasteiger partial charge in [-0.05, 0) is 26.2 Å². The molecule has 2 aliphatic rings. The lowest BCUT2D eigenvalue weighted by Crippen LogP contribution is -2.69. The van der Waals surface area contributed by atoms with Crippen LogP contribution in [0, 0.1) is 0 Å². The van der Waals surface area contributed by atoms with Gasteiger partial charge in [0.1, 0.15) is 16.6 Å². The van der Waals surface area contributed by atoms with Crippen molar-refractivity contribution in [2.75, 3.05) is 0 Å². The van der Waals surface area contributed by atoms with Gasteiger partial charge in [0.25, 0.3) is 0 Å². The van der Waals surface area contributed by atoms with E-state index in [1.807, 2.05) is 19.2 Å². The molecule has 0 aromatic carbocycles. The molecular formula is C15H21N3O2S. The first-order valence-corrected chi connectivity index (χ1v) is 8.51. The molecule has 1 saturated carbocycles. The Morgan fingerprint density at radius 2 is 2.19 bits per heavy atom. The normalized spacial score (nSPS) is 26.2. The van der Waals surface area contributed by atoms with Gasteiger partial charge in [-0.1, -0.05) is 19.8 Å². The number of hydrogen-bond acceptors (Lipinski definition) is 4. The minimum absolute atomic E-state index is 0.0117. The Bertz CT molecular complexity index is 537. The summed E-state index contributed by atoms with van der Waals surface area (Å²) in [5.74, 6) is 0.0663. The zero-order valence-electron chi connectivity index (χ0n) is 12.5. The molecule has 1 aromatic rings. The molecule has 0 radical (unpaired) electrons. The van der Waals surface area contributed by atoms with Gasteiger partial charge in [0.05, 0.1) is 6.04 Å². The second-order valence-corrected chi connectivity index (χ2v) is 6.89. The number of amides is 2. The molecule has 2 unspecified atom stereocenters. The van der Waals surface area contributed by atoms with E-state index in [0.717, 1.165) is 30.7 Å². The average Bonchev–Trinajstić information content (AvgIpc) is 3.13. The second kappa shape index (κ2) is 5.40. The van der Waals surface area contributed by atoms with Crippen molar-refractivity contribution in [1.82, 2.24) is 15.2 Å². The van der Waals surface area contributed by atoms with Gasteiger partial charge in [0.15, 0.2) is 0 Å². The van der Waals surface area contributed by atoms with Crippen molar-refractivity contribution in [3.05, 3.63) is 16.6 Å². The molecule has 2 amide bonds. The van der Waals surface area contributed by atoms with Crippen LogP contribution >= 0.6 is 11.3 Å². The Kier molecular flexibility index (Phi) is 3.73. The molecule has 1 aliphatic carbocycles. The molecule has 1 aromatic heterocycles. The van der Waals surface area contributed by atoms with Gasteiger partial charge in [-0.2, -0.15) is 0 Å². The fraction of sp³-hybridized carbons (Fsp3) is 0.667. The van der Waals surface area contributed by atoms with E-state index in [9.17, 15) is 9.59 Å². The summed E-state index contributed by atoms with van der Waals surface area (Å²) in [5, 5.41) is 5.83. The first-order valence-electron chi connectivity index (χ1n) is 7.63. The predicted octanol–water partition coefficient (Wildman–Crippen LogP) is 2.25.